The minimum absolute atomic E-state index is 0.199. The molecule has 0 saturated carbocycles. The van der Waals surface area contributed by atoms with Crippen molar-refractivity contribution in [3.05, 3.63) is 18.5 Å². The summed E-state index contributed by atoms with van der Waals surface area (Å²) in [5.41, 5.74) is 5.67. The summed E-state index contributed by atoms with van der Waals surface area (Å²) in [7, 11) is 3.69. The zero-order valence-corrected chi connectivity index (χ0v) is 12.1. The van der Waals surface area contributed by atoms with Crippen LogP contribution in [0, 0.1) is 0 Å². The zero-order valence-electron chi connectivity index (χ0n) is 11.3. The minimum Gasteiger partial charge on any atom is -0.368 e. The molecule has 0 aliphatic heterocycles. The SMILES string of the molecule is C=CCn1nnnc1SCc1nc(N)nc(N(C)C)n1. The van der Waals surface area contributed by atoms with Gasteiger partial charge in [0.2, 0.25) is 17.1 Å². The van der Waals surface area contributed by atoms with Crippen LogP contribution in [0.4, 0.5) is 11.9 Å². The summed E-state index contributed by atoms with van der Waals surface area (Å²) in [6, 6.07) is 0. The van der Waals surface area contributed by atoms with E-state index in [1.165, 1.54) is 11.8 Å². The second kappa shape index (κ2) is 6.28. The van der Waals surface area contributed by atoms with Gasteiger partial charge < -0.3 is 10.6 Å². The normalized spacial score (nSPS) is 10.5. The molecule has 2 rings (SSSR count). The predicted octanol–water partition coefficient (Wildman–Crippen LogP) is -0.0154. The summed E-state index contributed by atoms with van der Waals surface area (Å²) in [5.74, 6) is 1.81. The lowest BCUT2D eigenvalue weighted by molar-refractivity contribution is 0.614. The number of aromatic nitrogens is 7. The van der Waals surface area contributed by atoms with Crippen molar-refractivity contribution in [1.82, 2.24) is 35.2 Å². The number of nitrogen functional groups attached to an aromatic ring is 1. The number of allylic oxidation sites excluding steroid dienone is 1. The van der Waals surface area contributed by atoms with Gasteiger partial charge in [-0.2, -0.15) is 15.0 Å². The fourth-order valence-electron chi connectivity index (χ4n) is 1.36. The highest BCUT2D eigenvalue weighted by molar-refractivity contribution is 7.98. The van der Waals surface area contributed by atoms with E-state index in [1.807, 2.05) is 14.1 Å². The lowest BCUT2D eigenvalue weighted by atomic mass is 10.6. The molecule has 20 heavy (non-hydrogen) atoms. The molecule has 0 aliphatic carbocycles. The molecular weight excluding hydrogens is 278 g/mol. The smallest absolute Gasteiger partial charge is 0.229 e. The Balaban J connectivity index is 2.10. The average Bonchev–Trinajstić information content (AvgIpc) is 2.83. The van der Waals surface area contributed by atoms with Gasteiger partial charge in [0.05, 0.1) is 12.3 Å². The van der Waals surface area contributed by atoms with Gasteiger partial charge in [-0.15, -0.1) is 11.7 Å². The molecule has 0 saturated heterocycles. The molecule has 2 aromatic heterocycles. The van der Waals surface area contributed by atoms with E-state index in [1.54, 1.807) is 15.7 Å². The van der Waals surface area contributed by atoms with Crippen molar-refractivity contribution < 1.29 is 0 Å². The van der Waals surface area contributed by atoms with Crippen LogP contribution in [0.2, 0.25) is 0 Å². The number of anilines is 2. The number of nitrogens with two attached hydrogens (primary N) is 1. The molecule has 0 unspecified atom stereocenters. The molecule has 9 nitrogen and oxygen atoms in total. The Hall–Kier alpha value is -2.23. The molecule has 0 aliphatic rings. The summed E-state index contributed by atoms with van der Waals surface area (Å²) in [6.07, 6.45) is 1.73. The van der Waals surface area contributed by atoms with E-state index < -0.39 is 0 Å². The van der Waals surface area contributed by atoms with Crippen molar-refractivity contribution in [3.8, 4) is 0 Å². The molecule has 2 aromatic rings. The Morgan fingerprint density at radius 1 is 1.35 bits per heavy atom. The van der Waals surface area contributed by atoms with E-state index in [0.717, 1.165) is 0 Å². The molecule has 2 N–H and O–H groups in total. The Morgan fingerprint density at radius 3 is 2.85 bits per heavy atom. The highest BCUT2D eigenvalue weighted by Crippen LogP contribution is 2.19. The largest absolute Gasteiger partial charge is 0.368 e. The van der Waals surface area contributed by atoms with Crippen LogP contribution >= 0.6 is 11.8 Å². The lowest BCUT2D eigenvalue weighted by Gasteiger charge is -2.11. The van der Waals surface area contributed by atoms with Crippen molar-refractivity contribution in [2.75, 3.05) is 24.7 Å². The van der Waals surface area contributed by atoms with Gasteiger partial charge in [-0.3, -0.25) is 0 Å². The standard InChI is InChI=1S/C10H15N9S/c1-4-5-19-10(15-16-17-19)20-6-7-12-8(11)14-9(13-7)18(2)3/h4H,1,5-6H2,2-3H3,(H2,11,12,13,14). The van der Waals surface area contributed by atoms with Crippen LogP contribution in [0.5, 0.6) is 0 Å². The summed E-state index contributed by atoms with van der Waals surface area (Å²) in [6.45, 7) is 4.21. The van der Waals surface area contributed by atoms with Crippen LogP contribution in [-0.4, -0.2) is 49.3 Å². The second-order valence-corrected chi connectivity index (χ2v) is 4.97. The first-order chi connectivity index (χ1) is 9.60. The third-order valence-electron chi connectivity index (χ3n) is 2.22. The van der Waals surface area contributed by atoms with Gasteiger partial charge in [-0.25, -0.2) is 4.68 Å². The van der Waals surface area contributed by atoms with Gasteiger partial charge in [0.1, 0.15) is 5.82 Å². The predicted molar refractivity (Wildman–Crippen MR) is 76.1 cm³/mol. The first-order valence-electron chi connectivity index (χ1n) is 5.77. The summed E-state index contributed by atoms with van der Waals surface area (Å²) < 4.78 is 1.65. The van der Waals surface area contributed by atoms with Crippen molar-refractivity contribution >= 4 is 23.7 Å². The van der Waals surface area contributed by atoms with Gasteiger partial charge >= 0.3 is 0 Å². The lowest BCUT2D eigenvalue weighted by Crippen LogP contribution is -2.16. The number of hydrogen-bond donors (Lipinski definition) is 1. The first kappa shape index (κ1) is 14.2. The Bertz CT molecular complexity index is 594. The fourth-order valence-corrected chi connectivity index (χ4v) is 2.10. The van der Waals surface area contributed by atoms with Crippen LogP contribution in [0.25, 0.3) is 0 Å². The van der Waals surface area contributed by atoms with Gasteiger partial charge in [-0.05, 0) is 10.4 Å². The highest BCUT2D eigenvalue weighted by Gasteiger charge is 2.10. The molecule has 0 atom stereocenters. The van der Waals surface area contributed by atoms with Crippen LogP contribution in [0.3, 0.4) is 0 Å². The molecule has 0 fully saturated rings. The van der Waals surface area contributed by atoms with Crippen molar-refractivity contribution in [3.63, 3.8) is 0 Å². The summed E-state index contributed by atoms with van der Waals surface area (Å²) >= 11 is 1.43. The maximum absolute atomic E-state index is 5.67. The molecule has 0 spiro atoms. The minimum atomic E-state index is 0.199. The Morgan fingerprint density at radius 2 is 2.15 bits per heavy atom. The van der Waals surface area contributed by atoms with Gasteiger partial charge in [-0.1, -0.05) is 17.8 Å². The average molecular weight is 293 g/mol. The molecule has 0 radical (unpaired) electrons. The van der Waals surface area contributed by atoms with E-state index >= 15 is 0 Å². The third kappa shape index (κ3) is 3.41. The fraction of sp³-hybridized carbons (Fsp3) is 0.400. The molecule has 0 aromatic carbocycles. The Kier molecular flexibility index (Phi) is 4.45. The van der Waals surface area contributed by atoms with Crippen molar-refractivity contribution in [1.29, 1.82) is 0 Å². The molecular formula is C10H15N9S. The van der Waals surface area contributed by atoms with E-state index in [-0.39, 0.29) is 5.95 Å². The quantitative estimate of drug-likeness (QED) is 0.580. The number of hydrogen-bond acceptors (Lipinski definition) is 9. The van der Waals surface area contributed by atoms with E-state index in [2.05, 4.69) is 37.1 Å². The van der Waals surface area contributed by atoms with Gasteiger partial charge in [0, 0.05) is 14.1 Å². The summed E-state index contributed by atoms with van der Waals surface area (Å²) in [5, 5.41) is 12.1. The zero-order chi connectivity index (χ0) is 14.5. The molecule has 10 heteroatoms. The van der Waals surface area contributed by atoms with E-state index in [4.69, 9.17) is 5.73 Å². The second-order valence-electron chi connectivity index (χ2n) is 4.03. The molecule has 2 heterocycles. The van der Waals surface area contributed by atoms with E-state index in [0.29, 0.717) is 29.2 Å². The van der Waals surface area contributed by atoms with Crippen molar-refractivity contribution in [2.45, 2.75) is 17.5 Å². The molecule has 0 bridgehead atoms. The summed E-state index contributed by atoms with van der Waals surface area (Å²) in [4.78, 5) is 14.2. The maximum atomic E-state index is 5.67. The molecule has 106 valence electrons. The van der Waals surface area contributed by atoms with E-state index in [9.17, 15) is 0 Å². The van der Waals surface area contributed by atoms with Gasteiger partial charge in [0.25, 0.3) is 0 Å². The number of rotatable bonds is 6. The van der Waals surface area contributed by atoms with Crippen LogP contribution in [0.15, 0.2) is 17.8 Å². The number of thioether (sulfide) groups is 1. The topological polar surface area (TPSA) is 112 Å². The van der Waals surface area contributed by atoms with Crippen LogP contribution in [0.1, 0.15) is 5.82 Å². The molecule has 0 amide bonds. The first-order valence-corrected chi connectivity index (χ1v) is 6.76. The Labute approximate surface area is 120 Å². The van der Waals surface area contributed by atoms with Gasteiger partial charge in [0.15, 0.2) is 0 Å². The number of nitrogens with zero attached hydrogens (tertiary/aromatic N) is 8. The van der Waals surface area contributed by atoms with Crippen LogP contribution in [-0.2, 0) is 12.3 Å². The number of tetrazole rings is 1. The highest BCUT2D eigenvalue weighted by atomic mass is 32.2. The third-order valence-corrected chi connectivity index (χ3v) is 3.17. The maximum Gasteiger partial charge on any atom is 0.229 e. The van der Waals surface area contributed by atoms with Crippen LogP contribution < -0.4 is 10.6 Å². The van der Waals surface area contributed by atoms with Crippen molar-refractivity contribution in [2.24, 2.45) is 0 Å². The monoisotopic (exact) mass is 293 g/mol.